The summed E-state index contributed by atoms with van der Waals surface area (Å²) in [6.45, 7) is 0. The maximum atomic E-state index is 2.46. The monoisotopic (exact) mass is 863 g/mol. The van der Waals surface area contributed by atoms with Crippen LogP contribution in [0.15, 0.2) is 273 Å². The van der Waals surface area contributed by atoms with Crippen molar-refractivity contribution in [1.82, 2.24) is 0 Å². The molecule has 1 aliphatic carbocycles. The summed E-state index contributed by atoms with van der Waals surface area (Å²) in [5.41, 5.74) is 17.7. The van der Waals surface area contributed by atoms with Gasteiger partial charge in [0.15, 0.2) is 0 Å². The highest BCUT2D eigenvalue weighted by atomic mass is 15.1. The van der Waals surface area contributed by atoms with Gasteiger partial charge < -0.3 is 4.90 Å². The van der Waals surface area contributed by atoms with Gasteiger partial charge >= 0.3 is 0 Å². The van der Waals surface area contributed by atoms with Crippen LogP contribution in [0.1, 0.15) is 22.3 Å². The zero-order chi connectivity index (χ0) is 45.0. The van der Waals surface area contributed by atoms with Crippen LogP contribution in [0.2, 0.25) is 0 Å². The number of anilines is 3. The lowest BCUT2D eigenvalue weighted by atomic mass is 9.68. The standard InChI is InChI=1S/C67H45N/c1-5-21-48(22-6-1)65-60-33-16-15-31-57(60)58-42-40-53(45-62(58)66(65)49-23-7-2-8-24-49)68(52-38-36-47(37-39-52)56-34-19-25-46-20-13-14-30-55(46)56)54-41-43-64-61(44-54)59-32-17-18-35-63(59)67(64,50-26-9-3-10-27-50)51-28-11-4-12-29-51/h1-45H. The van der Waals surface area contributed by atoms with Crippen molar-refractivity contribution >= 4 is 49.4 Å². The van der Waals surface area contributed by atoms with Gasteiger partial charge in [0.25, 0.3) is 0 Å². The van der Waals surface area contributed by atoms with Gasteiger partial charge in [0.05, 0.1) is 5.41 Å². The SMILES string of the molecule is c1ccc(-c2c(-c3ccccc3)c3cc(N(c4ccc(-c5cccc6ccccc56)cc4)c4ccc5c(c4)-c4ccccc4C5(c4ccccc4)c4ccccc4)ccc3c3ccccc23)cc1. The summed E-state index contributed by atoms with van der Waals surface area (Å²) < 4.78 is 0. The van der Waals surface area contributed by atoms with E-state index in [-0.39, 0.29) is 0 Å². The van der Waals surface area contributed by atoms with Gasteiger partial charge in [-0.05, 0) is 135 Å². The first-order chi connectivity index (χ1) is 33.8. The third-order valence-corrected chi connectivity index (χ3v) is 14.3. The first-order valence-corrected chi connectivity index (χ1v) is 23.6. The molecule has 0 aromatic heterocycles. The van der Waals surface area contributed by atoms with Crippen molar-refractivity contribution < 1.29 is 0 Å². The molecule has 12 aromatic carbocycles. The second kappa shape index (κ2) is 16.3. The molecular formula is C67H45N. The van der Waals surface area contributed by atoms with Crippen LogP contribution in [-0.4, -0.2) is 0 Å². The predicted octanol–water partition coefficient (Wildman–Crippen LogP) is 18.0. The fourth-order valence-electron chi connectivity index (χ4n) is 11.4. The predicted molar refractivity (Wildman–Crippen MR) is 287 cm³/mol. The molecular weight excluding hydrogens is 819 g/mol. The van der Waals surface area contributed by atoms with Gasteiger partial charge in [-0.3, -0.25) is 0 Å². The lowest BCUT2D eigenvalue weighted by Crippen LogP contribution is -2.28. The molecule has 0 aliphatic heterocycles. The molecule has 12 aromatic rings. The van der Waals surface area contributed by atoms with E-state index < -0.39 is 5.41 Å². The van der Waals surface area contributed by atoms with E-state index in [2.05, 4.69) is 278 Å². The molecule has 0 unspecified atom stereocenters. The Hall–Kier alpha value is -8.78. The molecule has 318 valence electrons. The first kappa shape index (κ1) is 39.6. The third-order valence-electron chi connectivity index (χ3n) is 14.3. The fourth-order valence-corrected chi connectivity index (χ4v) is 11.4. The molecule has 0 saturated carbocycles. The molecule has 0 amide bonds. The summed E-state index contributed by atoms with van der Waals surface area (Å²) in [4.78, 5) is 2.46. The number of nitrogens with zero attached hydrogens (tertiary/aromatic N) is 1. The van der Waals surface area contributed by atoms with Gasteiger partial charge in [-0.2, -0.15) is 0 Å². The molecule has 0 fully saturated rings. The first-order valence-electron chi connectivity index (χ1n) is 23.6. The molecule has 13 rings (SSSR count). The average Bonchev–Trinajstić information content (AvgIpc) is 3.72. The minimum absolute atomic E-state index is 0.486. The Morgan fingerprint density at radius 3 is 1.41 bits per heavy atom. The normalized spacial score (nSPS) is 12.5. The van der Waals surface area contributed by atoms with Crippen molar-refractivity contribution in [3.8, 4) is 44.5 Å². The highest BCUT2D eigenvalue weighted by Gasteiger charge is 2.46. The summed E-state index contributed by atoms with van der Waals surface area (Å²) in [5, 5.41) is 7.42. The number of fused-ring (bicyclic) bond motifs is 7. The van der Waals surface area contributed by atoms with Crippen LogP contribution < -0.4 is 4.90 Å². The Kier molecular flexibility index (Phi) is 9.47. The molecule has 1 nitrogen and oxygen atoms in total. The second-order valence-electron chi connectivity index (χ2n) is 17.9. The second-order valence-corrected chi connectivity index (χ2v) is 17.9. The number of rotatable bonds is 8. The summed E-state index contributed by atoms with van der Waals surface area (Å²) in [6, 6.07) is 101. The van der Waals surface area contributed by atoms with Crippen molar-refractivity contribution in [2.75, 3.05) is 4.90 Å². The fraction of sp³-hybridized carbons (Fsp3) is 0.0149. The van der Waals surface area contributed by atoms with Gasteiger partial charge in [0, 0.05) is 17.1 Å². The maximum Gasteiger partial charge on any atom is 0.0713 e. The van der Waals surface area contributed by atoms with Gasteiger partial charge in [0.1, 0.15) is 0 Å². The lowest BCUT2D eigenvalue weighted by molar-refractivity contribution is 0.768. The largest absolute Gasteiger partial charge is 0.310 e. The number of hydrogen-bond acceptors (Lipinski definition) is 1. The molecule has 0 saturated heterocycles. The van der Waals surface area contributed by atoms with Crippen molar-refractivity contribution in [3.63, 3.8) is 0 Å². The van der Waals surface area contributed by atoms with E-state index >= 15 is 0 Å². The lowest BCUT2D eigenvalue weighted by Gasteiger charge is -2.34. The van der Waals surface area contributed by atoms with E-state index in [4.69, 9.17) is 0 Å². The molecule has 1 heteroatoms. The summed E-state index contributed by atoms with van der Waals surface area (Å²) in [6.07, 6.45) is 0. The summed E-state index contributed by atoms with van der Waals surface area (Å²) in [5.74, 6) is 0. The zero-order valence-electron chi connectivity index (χ0n) is 37.4. The Labute approximate surface area is 397 Å². The van der Waals surface area contributed by atoms with Crippen LogP contribution in [-0.2, 0) is 5.41 Å². The molecule has 0 radical (unpaired) electrons. The van der Waals surface area contributed by atoms with E-state index in [1.807, 2.05) is 0 Å². The Bertz CT molecular complexity index is 3780. The van der Waals surface area contributed by atoms with Crippen molar-refractivity contribution in [2.24, 2.45) is 0 Å². The number of benzene rings is 12. The zero-order valence-corrected chi connectivity index (χ0v) is 37.4. The third kappa shape index (κ3) is 6.24. The number of hydrogen-bond donors (Lipinski definition) is 0. The molecule has 0 atom stereocenters. The van der Waals surface area contributed by atoms with Gasteiger partial charge in [-0.25, -0.2) is 0 Å². The van der Waals surface area contributed by atoms with Crippen LogP contribution in [0.5, 0.6) is 0 Å². The minimum Gasteiger partial charge on any atom is -0.310 e. The molecule has 0 bridgehead atoms. The topological polar surface area (TPSA) is 3.24 Å². The van der Waals surface area contributed by atoms with Crippen molar-refractivity contribution in [1.29, 1.82) is 0 Å². The highest BCUT2D eigenvalue weighted by molar-refractivity contribution is 6.22. The molecule has 0 N–H and O–H groups in total. The van der Waals surface area contributed by atoms with Crippen LogP contribution in [0.4, 0.5) is 17.1 Å². The minimum atomic E-state index is -0.486. The average molecular weight is 864 g/mol. The van der Waals surface area contributed by atoms with Crippen LogP contribution in [0.25, 0.3) is 76.8 Å². The van der Waals surface area contributed by atoms with Crippen LogP contribution in [0, 0.1) is 0 Å². The Morgan fingerprint density at radius 2 is 0.721 bits per heavy atom. The molecule has 68 heavy (non-hydrogen) atoms. The van der Waals surface area contributed by atoms with E-state index in [1.54, 1.807) is 0 Å². The highest BCUT2D eigenvalue weighted by Crippen LogP contribution is 2.57. The summed E-state index contributed by atoms with van der Waals surface area (Å²) in [7, 11) is 0. The maximum absolute atomic E-state index is 2.46. The Morgan fingerprint density at radius 1 is 0.250 bits per heavy atom. The quantitative estimate of drug-likeness (QED) is 0.138. The van der Waals surface area contributed by atoms with E-state index in [9.17, 15) is 0 Å². The Balaban J connectivity index is 1.08. The van der Waals surface area contributed by atoms with E-state index in [0.717, 1.165) is 17.1 Å². The van der Waals surface area contributed by atoms with Crippen molar-refractivity contribution in [2.45, 2.75) is 5.41 Å². The molecule has 0 heterocycles. The van der Waals surface area contributed by atoms with Gasteiger partial charge in [0.2, 0.25) is 0 Å². The summed E-state index contributed by atoms with van der Waals surface area (Å²) >= 11 is 0. The van der Waals surface area contributed by atoms with Crippen LogP contribution in [0.3, 0.4) is 0 Å². The molecule has 1 aliphatic rings. The smallest absolute Gasteiger partial charge is 0.0713 e. The van der Waals surface area contributed by atoms with Gasteiger partial charge in [-0.15, -0.1) is 0 Å². The molecule has 0 spiro atoms. The van der Waals surface area contributed by atoms with E-state index in [1.165, 1.54) is 99.1 Å². The van der Waals surface area contributed by atoms with Gasteiger partial charge in [-0.1, -0.05) is 237 Å². The van der Waals surface area contributed by atoms with Crippen molar-refractivity contribution in [3.05, 3.63) is 295 Å². The van der Waals surface area contributed by atoms with E-state index in [0.29, 0.717) is 0 Å². The van der Waals surface area contributed by atoms with Crippen LogP contribution >= 0.6 is 0 Å².